The predicted molar refractivity (Wildman–Crippen MR) is 120 cm³/mol. The standard InChI is InChI=1S/C23H22ClN5O2/c1-15-21-22(29(27-15)18-9-4-3-5-10-18)28(2)23(31)19(26-21)11-12-20(30)25-14-16-7-6-8-17(24)13-16/h3-10,13H,11-12,14H2,1-2H3,(H,25,30). The van der Waals surface area contributed by atoms with Crippen molar-refractivity contribution < 1.29 is 4.79 Å². The molecule has 0 aliphatic carbocycles. The minimum atomic E-state index is -0.229. The lowest BCUT2D eigenvalue weighted by Gasteiger charge is -2.09. The summed E-state index contributed by atoms with van der Waals surface area (Å²) in [6.45, 7) is 2.24. The first-order valence-electron chi connectivity index (χ1n) is 9.96. The van der Waals surface area contributed by atoms with E-state index >= 15 is 0 Å². The van der Waals surface area contributed by atoms with Crippen LogP contribution in [0.15, 0.2) is 59.4 Å². The molecule has 1 amide bonds. The van der Waals surface area contributed by atoms with Crippen LogP contribution in [0.25, 0.3) is 16.9 Å². The summed E-state index contributed by atoms with van der Waals surface area (Å²) in [5.74, 6) is -0.152. The first kappa shape index (κ1) is 20.8. The summed E-state index contributed by atoms with van der Waals surface area (Å²) in [4.78, 5) is 29.8. The van der Waals surface area contributed by atoms with Gasteiger partial charge in [-0.3, -0.25) is 14.2 Å². The van der Waals surface area contributed by atoms with Gasteiger partial charge in [0.1, 0.15) is 11.2 Å². The van der Waals surface area contributed by atoms with Crippen LogP contribution in [0.4, 0.5) is 0 Å². The fourth-order valence-corrected chi connectivity index (χ4v) is 3.70. The van der Waals surface area contributed by atoms with Gasteiger partial charge in [0, 0.05) is 31.5 Å². The number of nitrogens with one attached hydrogen (secondary N) is 1. The van der Waals surface area contributed by atoms with Crippen LogP contribution in [0.5, 0.6) is 0 Å². The number of nitrogens with zero attached hydrogens (tertiary/aromatic N) is 4. The van der Waals surface area contributed by atoms with Gasteiger partial charge in [-0.1, -0.05) is 41.9 Å². The average molecular weight is 436 g/mol. The summed E-state index contributed by atoms with van der Waals surface area (Å²) in [6.07, 6.45) is 0.417. The molecule has 4 rings (SSSR count). The highest BCUT2D eigenvalue weighted by atomic mass is 35.5. The van der Waals surface area contributed by atoms with Crippen LogP contribution >= 0.6 is 11.6 Å². The van der Waals surface area contributed by atoms with E-state index in [0.29, 0.717) is 28.4 Å². The van der Waals surface area contributed by atoms with E-state index in [4.69, 9.17) is 11.6 Å². The molecular formula is C23H22ClN5O2. The maximum absolute atomic E-state index is 12.9. The van der Waals surface area contributed by atoms with Gasteiger partial charge >= 0.3 is 0 Å². The van der Waals surface area contributed by atoms with Crippen LogP contribution in [0.2, 0.25) is 5.02 Å². The molecular weight excluding hydrogens is 414 g/mol. The van der Waals surface area contributed by atoms with Gasteiger partial charge in [-0.05, 0) is 36.8 Å². The van der Waals surface area contributed by atoms with E-state index in [2.05, 4.69) is 15.4 Å². The Bertz CT molecular complexity index is 1310. The summed E-state index contributed by atoms with van der Waals surface area (Å²) < 4.78 is 3.27. The maximum atomic E-state index is 12.9. The molecule has 0 aliphatic heterocycles. The monoisotopic (exact) mass is 435 g/mol. The van der Waals surface area contributed by atoms with E-state index in [-0.39, 0.29) is 24.3 Å². The molecule has 0 saturated carbocycles. The molecule has 158 valence electrons. The van der Waals surface area contributed by atoms with E-state index in [1.54, 1.807) is 28.4 Å². The largest absolute Gasteiger partial charge is 0.352 e. The smallest absolute Gasteiger partial charge is 0.273 e. The number of aromatic nitrogens is 4. The van der Waals surface area contributed by atoms with Crippen LogP contribution in [-0.4, -0.2) is 25.2 Å². The number of carbonyl (C=O) groups excluding carboxylic acids is 1. The van der Waals surface area contributed by atoms with E-state index in [9.17, 15) is 9.59 Å². The lowest BCUT2D eigenvalue weighted by molar-refractivity contribution is -0.121. The Balaban J connectivity index is 1.53. The van der Waals surface area contributed by atoms with Crippen molar-refractivity contribution in [2.75, 3.05) is 0 Å². The summed E-state index contributed by atoms with van der Waals surface area (Å²) >= 11 is 5.97. The minimum Gasteiger partial charge on any atom is -0.352 e. The van der Waals surface area contributed by atoms with Crippen LogP contribution in [0.1, 0.15) is 23.4 Å². The Morgan fingerprint density at radius 3 is 2.65 bits per heavy atom. The molecule has 0 spiro atoms. The van der Waals surface area contributed by atoms with Crippen molar-refractivity contribution in [3.05, 3.63) is 86.9 Å². The lowest BCUT2D eigenvalue weighted by atomic mass is 10.2. The van der Waals surface area contributed by atoms with Gasteiger partial charge in [0.05, 0.1) is 11.4 Å². The van der Waals surface area contributed by atoms with E-state index < -0.39 is 0 Å². The Morgan fingerprint density at radius 1 is 1.13 bits per heavy atom. The first-order chi connectivity index (χ1) is 14.9. The molecule has 0 radical (unpaired) electrons. The van der Waals surface area contributed by atoms with Gasteiger partial charge in [0.2, 0.25) is 5.91 Å². The van der Waals surface area contributed by atoms with Gasteiger partial charge in [-0.2, -0.15) is 5.10 Å². The van der Waals surface area contributed by atoms with Crippen molar-refractivity contribution in [1.82, 2.24) is 24.6 Å². The number of fused-ring (bicyclic) bond motifs is 1. The van der Waals surface area contributed by atoms with Crippen molar-refractivity contribution in [2.24, 2.45) is 7.05 Å². The quantitative estimate of drug-likeness (QED) is 0.503. The van der Waals surface area contributed by atoms with Crippen molar-refractivity contribution in [2.45, 2.75) is 26.3 Å². The number of halogens is 1. The van der Waals surface area contributed by atoms with Crippen LogP contribution in [0.3, 0.4) is 0 Å². The van der Waals surface area contributed by atoms with Crippen LogP contribution in [0, 0.1) is 6.92 Å². The zero-order valence-corrected chi connectivity index (χ0v) is 18.1. The molecule has 0 aliphatic rings. The third kappa shape index (κ3) is 4.36. The Hall–Kier alpha value is -3.45. The number of rotatable bonds is 6. The third-order valence-electron chi connectivity index (χ3n) is 5.09. The van der Waals surface area contributed by atoms with E-state index in [1.165, 1.54) is 0 Å². The fourth-order valence-electron chi connectivity index (χ4n) is 3.49. The highest BCUT2D eigenvalue weighted by molar-refractivity contribution is 6.30. The molecule has 31 heavy (non-hydrogen) atoms. The number of aryl methyl sites for hydroxylation is 3. The maximum Gasteiger partial charge on any atom is 0.273 e. The molecule has 2 aromatic heterocycles. The predicted octanol–water partition coefficient (Wildman–Crippen LogP) is 3.33. The molecule has 8 heteroatoms. The van der Waals surface area contributed by atoms with Gasteiger partial charge in [-0.15, -0.1) is 0 Å². The van der Waals surface area contributed by atoms with Crippen LogP contribution in [-0.2, 0) is 24.8 Å². The van der Waals surface area contributed by atoms with Crippen molar-refractivity contribution >= 4 is 28.7 Å². The number of amides is 1. The Labute approximate surface area is 184 Å². The third-order valence-corrected chi connectivity index (χ3v) is 5.32. The average Bonchev–Trinajstić information content (AvgIpc) is 3.11. The number of hydrogen-bond donors (Lipinski definition) is 1. The number of carbonyl (C=O) groups is 1. The SMILES string of the molecule is Cc1nn(-c2ccccc2)c2c1nc(CCC(=O)NCc1cccc(Cl)c1)c(=O)n2C. The molecule has 1 N–H and O–H groups in total. The van der Waals surface area contributed by atoms with Gasteiger partial charge < -0.3 is 5.32 Å². The fraction of sp³-hybridized carbons (Fsp3) is 0.217. The molecule has 2 heterocycles. The second-order valence-corrected chi connectivity index (χ2v) is 7.77. The Morgan fingerprint density at radius 2 is 1.90 bits per heavy atom. The Kier molecular flexibility index (Phi) is 5.86. The van der Waals surface area contributed by atoms with Gasteiger partial charge in [-0.25, -0.2) is 9.67 Å². The van der Waals surface area contributed by atoms with Gasteiger partial charge in [0.25, 0.3) is 5.56 Å². The zero-order chi connectivity index (χ0) is 22.0. The second-order valence-electron chi connectivity index (χ2n) is 7.33. The molecule has 0 unspecified atom stereocenters. The minimum absolute atomic E-state index is 0.152. The molecule has 0 fully saturated rings. The van der Waals surface area contributed by atoms with E-state index in [0.717, 1.165) is 16.9 Å². The summed E-state index contributed by atoms with van der Waals surface area (Å²) in [5.41, 5.74) is 3.89. The molecule has 2 aromatic carbocycles. The normalized spacial score (nSPS) is 11.1. The van der Waals surface area contributed by atoms with Gasteiger partial charge in [0.15, 0.2) is 5.65 Å². The molecule has 7 nitrogen and oxygen atoms in total. The molecule has 0 atom stereocenters. The number of benzene rings is 2. The van der Waals surface area contributed by atoms with Crippen LogP contribution < -0.4 is 10.9 Å². The van der Waals surface area contributed by atoms with Crippen molar-refractivity contribution in [3.63, 3.8) is 0 Å². The topological polar surface area (TPSA) is 81.8 Å². The first-order valence-corrected chi connectivity index (χ1v) is 10.3. The zero-order valence-electron chi connectivity index (χ0n) is 17.3. The molecule has 4 aromatic rings. The lowest BCUT2D eigenvalue weighted by Crippen LogP contribution is -2.27. The summed E-state index contributed by atoms with van der Waals surface area (Å²) in [5, 5.41) is 8.05. The summed E-state index contributed by atoms with van der Waals surface area (Å²) in [6, 6.07) is 16.9. The number of hydrogen-bond acceptors (Lipinski definition) is 4. The van der Waals surface area contributed by atoms with Crippen molar-refractivity contribution in [3.8, 4) is 5.69 Å². The van der Waals surface area contributed by atoms with E-state index in [1.807, 2.05) is 49.4 Å². The summed E-state index contributed by atoms with van der Waals surface area (Å²) in [7, 11) is 1.70. The number of para-hydroxylation sites is 1. The molecule has 0 bridgehead atoms. The highest BCUT2D eigenvalue weighted by Gasteiger charge is 2.18. The highest BCUT2D eigenvalue weighted by Crippen LogP contribution is 2.19. The molecule has 0 saturated heterocycles. The second kappa shape index (κ2) is 8.73. The van der Waals surface area contributed by atoms with Crippen molar-refractivity contribution in [1.29, 1.82) is 0 Å².